The number of hydrogen-bond acceptors (Lipinski definition) is 4. The molecule has 5 nitrogen and oxygen atoms in total. The van der Waals surface area contributed by atoms with Gasteiger partial charge in [-0.25, -0.2) is 13.1 Å². The highest BCUT2D eigenvalue weighted by molar-refractivity contribution is 7.89. The van der Waals surface area contributed by atoms with Gasteiger partial charge in [0.2, 0.25) is 10.0 Å². The molecule has 1 N–H and O–H groups in total. The van der Waals surface area contributed by atoms with Gasteiger partial charge in [-0.15, -0.1) is 0 Å². The van der Waals surface area contributed by atoms with Gasteiger partial charge in [-0.1, -0.05) is 17.7 Å². The van der Waals surface area contributed by atoms with Gasteiger partial charge in [0.25, 0.3) is 0 Å². The zero-order valence-electron chi connectivity index (χ0n) is 12.5. The van der Waals surface area contributed by atoms with Crippen molar-refractivity contribution in [2.24, 2.45) is 0 Å². The SMILES string of the molecule is Cc1ccc(S(=O)(=O)NCCCCN2CCOCC2)cc1. The highest BCUT2D eigenvalue weighted by atomic mass is 32.2. The largest absolute Gasteiger partial charge is 0.379 e. The number of hydrogen-bond donors (Lipinski definition) is 1. The molecule has 1 aromatic carbocycles. The van der Waals surface area contributed by atoms with E-state index in [1.165, 1.54) is 0 Å². The number of benzene rings is 1. The lowest BCUT2D eigenvalue weighted by atomic mass is 10.2. The molecule has 2 rings (SSSR count). The van der Waals surface area contributed by atoms with Crippen LogP contribution < -0.4 is 4.72 Å². The Kier molecular flexibility index (Phi) is 6.17. The molecule has 1 aliphatic heterocycles. The molecule has 0 aliphatic carbocycles. The van der Waals surface area contributed by atoms with Crippen LogP contribution in [0.3, 0.4) is 0 Å². The minimum Gasteiger partial charge on any atom is -0.379 e. The lowest BCUT2D eigenvalue weighted by Crippen LogP contribution is -2.37. The zero-order valence-corrected chi connectivity index (χ0v) is 13.4. The summed E-state index contributed by atoms with van der Waals surface area (Å²) in [6.07, 6.45) is 1.85. The van der Waals surface area contributed by atoms with Gasteiger partial charge in [-0.2, -0.15) is 0 Å². The molecule has 1 saturated heterocycles. The van der Waals surface area contributed by atoms with Crippen LogP contribution in [0.15, 0.2) is 29.2 Å². The second kappa shape index (κ2) is 7.89. The van der Waals surface area contributed by atoms with Crippen molar-refractivity contribution in [2.75, 3.05) is 39.4 Å². The number of aryl methyl sites for hydroxylation is 1. The molecule has 21 heavy (non-hydrogen) atoms. The predicted molar refractivity (Wildman–Crippen MR) is 82.9 cm³/mol. The van der Waals surface area contributed by atoms with Crippen LogP contribution in [0, 0.1) is 6.92 Å². The topological polar surface area (TPSA) is 58.6 Å². The van der Waals surface area contributed by atoms with Crippen LogP contribution >= 0.6 is 0 Å². The number of rotatable bonds is 7. The Hall–Kier alpha value is -0.950. The second-order valence-electron chi connectivity index (χ2n) is 5.37. The Morgan fingerprint density at radius 3 is 2.48 bits per heavy atom. The first-order valence-electron chi connectivity index (χ1n) is 7.44. The van der Waals surface area contributed by atoms with E-state index in [1.54, 1.807) is 12.1 Å². The summed E-state index contributed by atoms with van der Waals surface area (Å²) in [4.78, 5) is 2.69. The number of unbranched alkanes of at least 4 members (excludes halogenated alkanes) is 1. The lowest BCUT2D eigenvalue weighted by Gasteiger charge is -2.26. The summed E-state index contributed by atoms with van der Waals surface area (Å²) in [6.45, 7) is 7.01. The molecule has 1 aromatic rings. The van der Waals surface area contributed by atoms with Crippen molar-refractivity contribution in [3.05, 3.63) is 29.8 Å². The summed E-state index contributed by atoms with van der Waals surface area (Å²) in [7, 11) is -3.37. The molecule has 0 atom stereocenters. The third kappa shape index (κ3) is 5.39. The maximum Gasteiger partial charge on any atom is 0.240 e. The van der Waals surface area contributed by atoms with Gasteiger partial charge < -0.3 is 4.74 Å². The summed E-state index contributed by atoms with van der Waals surface area (Å²) in [6, 6.07) is 6.91. The van der Waals surface area contributed by atoms with E-state index in [9.17, 15) is 8.42 Å². The van der Waals surface area contributed by atoms with Crippen molar-refractivity contribution in [3.63, 3.8) is 0 Å². The highest BCUT2D eigenvalue weighted by Crippen LogP contribution is 2.09. The first-order chi connectivity index (χ1) is 10.1. The Morgan fingerprint density at radius 1 is 1.14 bits per heavy atom. The predicted octanol–water partition coefficient (Wildman–Crippen LogP) is 1.39. The van der Waals surface area contributed by atoms with E-state index in [2.05, 4.69) is 9.62 Å². The van der Waals surface area contributed by atoms with Gasteiger partial charge in [0.05, 0.1) is 18.1 Å². The standard InChI is InChI=1S/C15H24N2O3S/c1-14-4-6-15(7-5-14)21(18,19)16-8-2-3-9-17-10-12-20-13-11-17/h4-7,16H,2-3,8-13H2,1H3. The fourth-order valence-corrected chi connectivity index (χ4v) is 3.37. The summed E-state index contributed by atoms with van der Waals surface area (Å²) in [5.74, 6) is 0. The van der Waals surface area contributed by atoms with Crippen LogP contribution in [0.2, 0.25) is 0 Å². The maximum absolute atomic E-state index is 12.1. The Labute approximate surface area is 127 Å². The first-order valence-corrected chi connectivity index (χ1v) is 8.93. The number of nitrogens with one attached hydrogen (secondary N) is 1. The number of nitrogens with zero attached hydrogens (tertiary/aromatic N) is 1. The Balaban J connectivity index is 1.68. The van der Waals surface area contributed by atoms with E-state index in [0.29, 0.717) is 11.4 Å². The van der Waals surface area contributed by atoms with Gasteiger partial charge in [0, 0.05) is 19.6 Å². The molecule has 1 aliphatic rings. The molecule has 0 radical (unpaired) electrons. The average molecular weight is 312 g/mol. The fourth-order valence-electron chi connectivity index (χ4n) is 2.29. The Bertz CT molecular complexity index is 522. The Morgan fingerprint density at radius 2 is 1.81 bits per heavy atom. The van der Waals surface area contributed by atoms with Crippen LogP contribution in [-0.4, -0.2) is 52.7 Å². The van der Waals surface area contributed by atoms with Crippen molar-refractivity contribution in [2.45, 2.75) is 24.7 Å². The normalized spacial score (nSPS) is 17.0. The summed E-state index contributed by atoms with van der Waals surface area (Å²) >= 11 is 0. The van der Waals surface area contributed by atoms with E-state index in [4.69, 9.17) is 4.74 Å². The fraction of sp³-hybridized carbons (Fsp3) is 0.600. The molecule has 118 valence electrons. The third-order valence-corrected chi connectivity index (χ3v) is 5.11. The second-order valence-corrected chi connectivity index (χ2v) is 7.14. The van der Waals surface area contributed by atoms with Crippen molar-refractivity contribution < 1.29 is 13.2 Å². The van der Waals surface area contributed by atoms with Gasteiger partial charge in [0.15, 0.2) is 0 Å². The molecular formula is C15H24N2O3S. The average Bonchev–Trinajstić information content (AvgIpc) is 2.48. The first kappa shape index (κ1) is 16.4. The minimum atomic E-state index is -3.37. The number of ether oxygens (including phenoxy) is 1. The lowest BCUT2D eigenvalue weighted by molar-refractivity contribution is 0.0372. The van der Waals surface area contributed by atoms with Crippen molar-refractivity contribution in [1.82, 2.24) is 9.62 Å². The molecule has 0 bridgehead atoms. The van der Waals surface area contributed by atoms with Crippen molar-refractivity contribution in [3.8, 4) is 0 Å². The number of morpholine rings is 1. The van der Waals surface area contributed by atoms with Crippen LogP contribution in [-0.2, 0) is 14.8 Å². The molecule has 0 unspecified atom stereocenters. The van der Waals surface area contributed by atoms with Gasteiger partial charge >= 0.3 is 0 Å². The molecule has 0 saturated carbocycles. The van der Waals surface area contributed by atoms with Crippen molar-refractivity contribution in [1.29, 1.82) is 0 Å². The van der Waals surface area contributed by atoms with Crippen molar-refractivity contribution >= 4 is 10.0 Å². The summed E-state index contributed by atoms with van der Waals surface area (Å²) < 4.78 is 32.1. The smallest absolute Gasteiger partial charge is 0.240 e. The van der Waals surface area contributed by atoms with E-state index in [1.807, 2.05) is 19.1 Å². The maximum atomic E-state index is 12.1. The van der Waals surface area contributed by atoms with E-state index in [-0.39, 0.29) is 0 Å². The molecule has 1 heterocycles. The van der Waals surface area contributed by atoms with Crippen LogP contribution in [0.1, 0.15) is 18.4 Å². The van der Waals surface area contributed by atoms with Gasteiger partial charge in [-0.05, 0) is 38.4 Å². The highest BCUT2D eigenvalue weighted by Gasteiger charge is 2.13. The summed E-state index contributed by atoms with van der Waals surface area (Å²) in [5.41, 5.74) is 1.06. The quantitative estimate of drug-likeness (QED) is 0.773. The zero-order chi connectivity index (χ0) is 15.1. The monoisotopic (exact) mass is 312 g/mol. The molecule has 0 spiro atoms. The van der Waals surface area contributed by atoms with E-state index >= 15 is 0 Å². The van der Waals surface area contributed by atoms with Crippen LogP contribution in [0.4, 0.5) is 0 Å². The molecule has 0 amide bonds. The number of sulfonamides is 1. The molecule has 0 aromatic heterocycles. The van der Waals surface area contributed by atoms with Gasteiger partial charge in [-0.3, -0.25) is 4.90 Å². The molecule has 6 heteroatoms. The summed E-state index contributed by atoms with van der Waals surface area (Å²) in [5, 5.41) is 0. The van der Waals surface area contributed by atoms with Crippen LogP contribution in [0.25, 0.3) is 0 Å². The third-order valence-electron chi connectivity index (χ3n) is 3.63. The molecular weight excluding hydrogens is 288 g/mol. The van der Waals surface area contributed by atoms with Gasteiger partial charge in [0.1, 0.15) is 0 Å². The minimum absolute atomic E-state index is 0.335. The van der Waals surface area contributed by atoms with E-state index < -0.39 is 10.0 Å². The molecule has 1 fully saturated rings. The van der Waals surface area contributed by atoms with E-state index in [0.717, 1.165) is 51.3 Å². The van der Waals surface area contributed by atoms with Crippen LogP contribution in [0.5, 0.6) is 0 Å².